The lowest BCUT2D eigenvalue weighted by Crippen LogP contribution is -2.35. The second-order valence-corrected chi connectivity index (χ2v) is 9.87. The molecule has 8 nitrogen and oxygen atoms in total. The van der Waals surface area contributed by atoms with Crippen molar-refractivity contribution in [3.8, 4) is 22.9 Å². The molecule has 1 aliphatic heterocycles. The number of benzene rings is 2. The number of nitrogens with one attached hydrogen (secondary N) is 1. The number of likely N-dealkylation sites (tertiary alicyclic amines) is 1. The molecule has 37 heavy (non-hydrogen) atoms. The predicted molar refractivity (Wildman–Crippen MR) is 146 cm³/mol. The van der Waals surface area contributed by atoms with Crippen LogP contribution in [0.3, 0.4) is 0 Å². The van der Waals surface area contributed by atoms with Crippen LogP contribution < -0.4 is 20.3 Å². The molecule has 4 rings (SSSR count). The number of carbonyl (C=O) groups excluding carboxylic acids is 1. The zero-order valence-electron chi connectivity index (χ0n) is 22.2. The van der Waals surface area contributed by atoms with E-state index < -0.39 is 0 Å². The molecule has 1 saturated heterocycles. The van der Waals surface area contributed by atoms with Crippen LogP contribution in [0, 0.1) is 5.92 Å². The van der Waals surface area contributed by atoms with E-state index in [1.54, 1.807) is 13.2 Å². The molecule has 1 aliphatic rings. The van der Waals surface area contributed by atoms with Crippen molar-refractivity contribution < 1.29 is 14.3 Å². The second-order valence-electron chi connectivity index (χ2n) is 9.87. The number of aromatic nitrogens is 2. The maximum atomic E-state index is 13.7. The summed E-state index contributed by atoms with van der Waals surface area (Å²) in [4.78, 5) is 33.6. The molecule has 3 aromatic rings. The summed E-state index contributed by atoms with van der Waals surface area (Å²) in [7, 11) is 1.59. The van der Waals surface area contributed by atoms with E-state index >= 15 is 0 Å². The van der Waals surface area contributed by atoms with Gasteiger partial charge < -0.3 is 19.7 Å². The van der Waals surface area contributed by atoms with Gasteiger partial charge in [-0.15, -0.1) is 0 Å². The Hall–Kier alpha value is -3.39. The van der Waals surface area contributed by atoms with Gasteiger partial charge >= 0.3 is 0 Å². The summed E-state index contributed by atoms with van der Waals surface area (Å²) in [5.74, 6) is 1.85. The number of carbonyl (C=O) groups is 1. The number of fused-ring (bicyclic) bond motifs is 1. The number of hydrogen-bond donors (Lipinski definition) is 1. The summed E-state index contributed by atoms with van der Waals surface area (Å²) in [5, 5.41) is 3.28. The molecule has 1 N–H and O–H groups in total. The van der Waals surface area contributed by atoms with Gasteiger partial charge in [0.2, 0.25) is 5.91 Å². The van der Waals surface area contributed by atoms with Gasteiger partial charge in [0.15, 0.2) is 0 Å². The molecule has 0 radical (unpaired) electrons. The molecule has 0 bridgehead atoms. The second kappa shape index (κ2) is 12.7. The molecule has 1 fully saturated rings. The van der Waals surface area contributed by atoms with Crippen LogP contribution in [0.15, 0.2) is 47.3 Å². The highest BCUT2D eigenvalue weighted by Crippen LogP contribution is 2.25. The molecule has 1 amide bonds. The lowest BCUT2D eigenvalue weighted by atomic mass is 10.1. The Kier molecular flexibility index (Phi) is 9.17. The summed E-state index contributed by atoms with van der Waals surface area (Å²) in [6.45, 7) is 8.52. The Morgan fingerprint density at radius 3 is 2.68 bits per heavy atom. The Morgan fingerprint density at radius 2 is 1.92 bits per heavy atom. The minimum Gasteiger partial charge on any atom is -0.497 e. The van der Waals surface area contributed by atoms with E-state index in [4.69, 9.17) is 14.5 Å². The third-order valence-electron chi connectivity index (χ3n) is 6.68. The average molecular weight is 507 g/mol. The molecule has 8 heteroatoms. The lowest BCUT2D eigenvalue weighted by molar-refractivity contribution is -0.121. The van der Waals surface area contributed by atoms with Gasteiger partial charge in [-0.05, 0) is 62.7 Å². The van der Waals surface area contributed by atoms with E-state index in [0.717, 1.165) is 26.1 Å². The van der Waals surface area contributed by atoms with Gasteiger partial charge in [-0.1, -0.05) is 32.4 Å². The van der Waals surface area contributed by atoms with Crippen molar-refractivity contribution in [3.05, 3.63) is 52.8 Å². The molecule has 1 atom stereocenters. The molecule has 1 aromatic heterocycles. The van der Waals surface area contributed by atoms with E-state index in [0.29, 0.717) is 52.9 Å². The van der Waals surface area contributed by atoms with Gasteiger partial charge in [0.1, 0.15) is 23.9 Å². The summed E-state index contributed by atoms with van der Waals surface area (Å²) in [5.41, 5.74) is 0.983. The third-order valence-corrected chi connectivity index (χ3v) is 6.68. The van der Waals surface area contributed by atoms with Crippen molar-refractivity contribution in [3.63, 3.8) is 0 Å². The van der Waals surface area contributed by atoms with Crippen LogP contribution in [-0.2, 0) is 11.3 Å². The van der Waals surface area contributed by atoms with Crippen LogP contribution in [0.2, 0.25) is 0 Å². The van der Waals surface area contributed by atoms with Crippen LogP contribution in [-0.4, -0.2) is 60.3 Å². The van der Waals surface area contributed by atoms with E-state index in [1.807, 2.05) is 43.3 Å². The summed E-state index contributed by atoms with van der Waals surface area (Å²) in [6, 6.07) is 12.8. The maximum Gasteiger partial charge on any atom is 0.262 e. The van der Waals surface area contributed by atoms with Crippen LogP contribution in [0.1, 0.15) is 39.5 Å². The topological polar surface area (TPSA) is 85.7 Å². The van der Waals surface area contributed by atoms with Crippen molar-refractivity contribution in [2.75, 3.05) is 39.9 Å². The molecular weight excluding hydrogens is 468 g/mol. The van der Waals surface area contributed by atoms with E-state index in [-0.39, 0.29) is 18.0 Å². The van der Waals surface area contributed by atoms with Crippen molar-refractivity contribution in [2.24, 2.45) is 5.92 Å². The Labute approximate surface area is 218 Å². The standard InChI is InChI=1S/C29H38N4O4/c1-4-13-30-27(34)19-33-28(22-9-8-10-23(16-22)36-3)31-26-12-11-24(17-25(26)29(33)35)37-20-21(2)18-32-14-6-5-7-15-32/h8-12,16-17,21H,4-7,13-15,18-20H2,1-3H3,(H,30,34)/t21-/m0/s1. The SMILES string of the molecule is CCCNC(=O)Cn1c(-c2cccc(OC)c2)nc2ccc(OC[C@@H](C)CN3CCCCC3)cc2c1=O. The highest BCUT2D eigenvalue weighted by Gasteiger charge is 2.18. The zero-order valence-corrected chi connectivity index (χ0v) is 22.2. The van der Waals surface area contributed by atoms with Gasteiger partial charge in [-0.2, -0.15) is 0 Å². The van der Waals surface area contributed by atoms with E-state index in [9.17, 15) is 9.59 Å². The molecule has 0 aliphatic carbocycles. The molecule has 2 heterocycles. The molecule has 2 aromatic carbocycles. The van der Waals surface area contributed by atoms with Crippen LogP contribution in [0.4, 0.5) is 0 Å². The fourth-order valence-electron chi connectivity index (χ4n) is 4.76. The fourth-order valence-corrected chi connectivity index (χ4v) is 4.76. The monoisotopic (exact) mass is 506 g/mol. The highest BCUT2D eigenvalue weighted by atomic mass is 16.5. The Bertz CT molecular complexity index is 1270. The van der Waals surface area contributed by atoms with Crippen LogP contribution >= 0.6 is 0 Å². The number of rotatable bonds is 11. The van der Waals surface area contributed by atoms with Crippen molar-refractivity contribution in [1.29, 1.82) is 0 Å². The zero-order chi connectivity index (χ0) is 26.2. The van der Waals surface area contributed by atoms with Gasteiger partial charge in [0.05, 0.1) is 24.6 Å². The first-order valence-corrected chi connectivity index (χ1v) is 13.3. The molecule has 0 saturated carbocycles. The summed E-state index contributed by atoms with van der Waals surface area (Å²) >= 11 is 0. The minimum atomic E-state index is -0.277. The van der Waals surface area contributed by atoms with E-state index in [1.165, 1.54) is 23.8 Å². The Balaban J connectivity index is 1.62. The Morgan fingerprint density at radius 1 is 1.11 bits per heavy atom. The summed E-state index contributed by atoms with van der Waals surface area (Å²) in [6.07, 6.45) is 4.68. The number of ether oxygens (including phenoxy) is 2. The highest BCUT2D eigenvalue weighted by molar-refractivity contribution is 5.83. The average Bonchev–Trinajstić information content (AvgIpc) is 2.92. The number of methoxy groups -OCH3 is 1. The largest absolute Gasteiger partial charge is 0.497 e. The molecular formula is C29H38N4O4. The minimum absolute atomic E-state index is 0.119. The third kappa shape index (κ3) is 6.89. The maximum absolute atomic E-state index is 13.7. The van der Waals surface area contributed by atoms with Gasteiger partial charge in [-0.3, -0.25) is 14.2 Å². The quantitative estimate of drug-likeness (QED) is 0.422. The van der Waals surface area contributed by atoms with Crippen molar-refractivity contribution >= 4 is 16.8 Å². The molecule has 0 unspecified atom stereocenters. The number of hydrogen-bond acceptors (Lipinski definition) is 6. The predicted octanol–water partition coefficient (Wildman–Crippen LogP) is 4.10. The van der Waals surface area contributed by atoms with Crippen LogP contribution in [0.5, 0.6) is 11.5 Å². The first-order valence-electron chi connectivity index (χ1n) is 13.3. The van der Waals surface area contributed by atoms with Gasteiger partial charge in [0, 0.05) is 24.6 Å². The molecule has 0 spiro atoms. The van der Waals surface area contributed by atoms with Crippen molar-refractivity contribution in [1.82, 2.24) is 19.8 Å². The first-order chi connectivity index (χ1) is 18.0. The fraction of sp³-hybridized carbons (Fsp3) is 0.483. The smallest absolute Gasteiger partial charge is 0.262 e. The number of piperidine rings is 1. The normalized spacial score (nSPS) is 14.9. The number of amides is 1. The molecule has 198 valence electrons. The first kappa shape index (κ1) is 26.7. The van der Waals surface area contributed by atoms with Crippen LogP contribution in [0.25, 0.3) is 22.3 Å². The van der Waals surface area contributed by atoms with E-state index in [2.05, 4.69) is 17.1 Å². The van der Waals surface area contributed by atoms with Gasteiger partial charge in [-0.25, -0.2) is 4.98 Å². The summed E-state index contributed by atoms with van der Waals surface area (Å²) < 4.78 is 12.9. The lowest BCUT2D eigenvalue weighted by Gasteiger charge is -2.29. The van der Waals surface area contributed by atoms with Gasteiger partial charge in [0.25, 0.3) is 5.56 Å². The van der Waals surface area contributed by atoms with Crippen molar-refractivity contribution in [2.45, 2.75) is 46.1 Å². The number of nitrogens with zero attached hydrogens (tertiary/aromatic N) is 3.